The molecule has 1 aromatic heterocycles. The lowest BCUT2D eigenvalue weighted by Gasteiger charge is -2.37. The van der Waals surface area contributed by atoms with E-state index in [0.717, 1.165) is 43.8 Å². The first-order valence-electron chi connectivity index (χ1n) is 8.36. The Bertz CT molecular complexity index is 472. The average Bonchev–Trinajstić information content (AvgIpc) is 3.07. The molecule has 4 atom stereocenters. The van der Waals surface area contributed by atoms with Crippen LogP contribution >= 0.6 is 0 Å². The molecule has 1 heterocycles. The molecule has 0 saturated heterocycles. The molecular weight excluding hydrogens is 266 g/mol. The highest BCUT2D eigenvalue weighted by Crippen LogP contribution is 2.42. The fourth-order valence-electron chi connectivity index (χ4n) is 4.00. The smallest absolute Gasteiger partial charge is 0.229 e. The molecule has 2 aliphatic carbocycles. The van der Waals surface area contributed by atoms with Crippen LogP contribution in [0, 0.1) is 5.92 Å². The maximum atomic E-state index is 6.11. The predicted molar refractivity (Wildman–Crippen MR) is 79.8 cm³/mol. The van der Waals surface area contributed by atoms with Crippen LogP contribution in [-0.4, -0.2) is 22.8 Å². The van der Waals surface area contributed by atoms with Crippen LogP contribution in [0.1, 0.15) is 76.4 Å². The minimum atomic E-state index is -0.338. The molecule has 21 heavy (non-hydrogen) atoms. The van der Waals surface area contributed by atoms with Crippen LogP contribution in [0.5, 0.6) is 0 Å². The predicted octanol–water partition coefficient (Wildman–Crippen LogP) is 3.11. The number of aromatic nitrogens is 2. The molecule has 0 radical (unpaired) electrons. The zero-order valence-corrected chi connectivity index (χ0v) is 13.2. The van der Waals surface area contributed by atoms with Gasteiger partial charge in [0, 0.05) is 18.6 Å². The molecule has 0 spiro atoms. The molecule has 0 aliphatic heterocycles. The first kappa shape index (κ1) is 15.0. The molecule has 0 aromatic carbocycles. The summed E-state index contributed by atoms with van der Waals surface area (Å²) in [6.45, 7) is 5.01. The van der Waals surface area contributed by atoms with Gasteiger partial charge >= 0.3 is 0 Å². The number of hydrogen-bond acceptors (Lipinski definition) is 5. The third kappa shape index (κ3) is 2.99. The van der Waals surface area contributed by atoms with Crippen LogP contribution in [0.4, 0.5) is 0 Å². The van der Waals surface area contributed by atoms with Crippen LogP contribution in [0.2, 0.25) is 0 Å². The van der Waals surface area contributed by atoms with Gasteiger partial charge in [0.1, 0.15) is 5.60 Å². The fraction of sp³-hybridized carbons (Fsp3) is 0.875. The van der Waals surface area contributed by atoms with E-state index in [2.05, 4.69) is 12.1 Å². The molecule has 2 unspecified atom stereocenters. The van der Waals surface area contributed by atoms with E-state index >= 15 is 0 Å². The Morgan fingerprint density at radius 1 is 1.38 bits per heavy atom. The number of hydrogen-bond donors (Lipinski definition) is 1. The van der Waals surface area contributed by atoms with Crippen LogP contribution in [0.15, 0.2) is 4.52 Å². The Balaban J connectivity index is 1.81. The van der Waals surface area contributed by atoms with Gasteiger partial charge in [0.25, 0.3) is 0 Å². The number of nitrogens with two attached hydrogens (primary N) is 1. The van der Waals surface area contributed by atoms with Crippen LogP contribution in [-0.2, 0) is 10.3 Å². The second-order valence-electron chi connectivity index (χ2n) is 6.86. The van der Waals surface area contributed by atoms with Crippen molar-refractivity contribution in [1.82, 2.24) is 10.1 Å². The summed E-state index contributed by atoms with van der Waals surface area (Å²) in [5.41, 5.74) is 5.65. The first-order valence-corrected chi connectivity index (χ1v) is 8.36. The van der Waals surface area contributed by atoms with Crippen LogP contribution in [0.25, 0.3) is 0 Å². The van der Waals surface area contributed by atoms with Gasteiger partial charge in [-0.3, -0.25) is 0 Å². The first-order chi connectivity index (χ1) is 10.1. The third-order valence-electron chi connectivity index (χ3n) is 5.05. The molecule has 3 rings (SSSR count). The highest BCUT2D eigenvalue weighted by Gasteiger charge is 2.42. The Morgan fingerprint density at radius 3 is 2.90 bits per heavy atom. The van der Waals surface area contributed by atoms with Crippen molar-refractivity contribution in [2.75, 3.05) is 6.61 Å². The Kier molecular flexibility index (Phi) is 4.31. The van der Waals surface area contributed by atoms with Crippen molar-refractivity contribution in [3.8, 4) is 0 Å². The molecule has 0 amide bonds. The van der Waals surface area contributed by atoms with Gasteiger partial charge in [-0.25, -0.2) is 0 Å². The number of nitrogens with zero attached hydrogens (tertiary/aromatic N) is 2. The molecular formula is C16H27N3O2. The van der Waals surface area contributed by atoms with Gasteiger partial charge in [0.05, 0.1) is 0 Å². The lowest BCUT2D eigenvalue weighted by Crippen LogP contribution is -2.36. The SMILES string of the molecule is CCOC1(c2noc([C@@H]3CC[C@H](N)C3)n2)CCCC(C)C1. The standard InChI is InChI=1S/C16H27N3O2/c1-3-20-16(8-4-5-11(2)10-16)15-18-14(21-19-15)12-6-7-13(17)9-12/h11-13H,3-10,17H2,1-2H3/t11?,12-,13+,16?/m1/s1. The third-order valence-corrected chi connectivity index (χ3v) is 5.05. The van der Waals surface area contributed by atoms with E-state index in [-0.39, 0.29) is 11.6 Å². The summed E-state index contributed by atoms with van der Waals surface area (Å²) in [6, 6.07) is 0.279. The van der Waals surface area contributed by atoms with E-state index in [0.29, 0.717) is 18.4 Å². The molecule has 1 aromatic rings. The van der Waals surface area contributed by atoms with Gasteiger partial charge in [0.15, 0.2) is 0 Å². The lowest BCUT2D eigenvalue weighted by atomic mass is 9.78. The molecule has 118 valence electrons. The summed E-state index contributed by atoms with van der Waals surface area (Å²) in [7, 11) is 0. The van der Waals surface area contributed by atoms with Gasteiger partial charge in [-0.15, -0.1) is 0 Å². The molecule has 2 aliphatic rings. The summed E-state index contributed by atoms with van der Waals surface area (Å²) >= 11 is 0. The van der Waals surface area contributed by atoms with Crippen molar-refractivity contribution in [2.24, 2.45) is 11.7 Å². The summed E-state index contributed by atoms with van der Waals surface area (Å²) in [5.74, 6) is 2.50. The van der Waals surface area contributed by atoms with Gasteiger partial charge in [-0.2, -0.15) is 4.98 Å². The van der Waals surface area contributed by atoms with Crippen molar-refractivity contribution < 1.29 is 9.26 Å². The highest BCUT2D eigenvalue weighted by atomic mass is 16.5. The Morgan fingerprint density at radius 2 is 2.24 bits per heavy atom. The van der Waals surface area contributed by atoms with Crippen LogP contribution in [0.3, 0.4) is 0 Å². The fourth-order valence-corrected chi connectivity index (χ4v) is 4.00. The van der Waals surface area contributed by atoms with Crippen molar-refractivity contribution in [3.05, 3.63) is 11.7 Å². The molecule has 0 bridgehead atoms. The summed E-state index contributed by atoms with van der Waals surface area (Å²) in [6.07, 6.45) is 7.48. The Hall–Kier alpha value is -0.940. The van der Waals surface area contributed by atoms with Gasteiger partial charge in [0.2, 0.25) is 11.7 Å². The zero-order chi connectivity index (χ0) is 14.9. The minimum absolute atomic E-state index is 0.279. The molecule has 2 fully saturated rings. The molecule has 5 nitrogen and oxygen atoms in total. The Labute approximate surface area is 126 Å². The van der Waals surface area contributed by atoms with E-state index in [1.54, 1.807) is 0 Å². The minimum Gasteiger partial charge on any atom is -0.367 e. The number of rotatable bonds is 4. The van der Waals surface area contributed by atoms with Crippen LogP contribution < -0.4 is 5.73 Å². The van der Waals surface area contributed by atoms with E-state index in [1.807, 2.05) is 6.92 Å². The van der Waals surface area contributed by atoms with Crippen molar-refractivity contribution in [2.45, 2.75) is 76.4 Å². The van der Waals surface area contributed by atoms with E-state index in [4.69, 9.17) is 20.0 Å². The summed E-state index contributed by atoms with van der Waals surface area (Å²) < 4.78 is 11.7. The maximum absolute atomic E-state index is 6.11. The van der Waals surface area contributed by atoms with Crippen molar-refractivity contribution >= 4 is 0 Å². The van der Waals surface area contributed by atoms with Gasteiger partial charge in [-0.05, 0) is 51.4 Å². The molecule has 2 saturated carbocycles. The van der Waals surface area contributed by atoms with E-state index < -0.39 is 0 Å². The zero-order valence-electron chi connectivity index (χ0n) is 13.2. The second-order valence-corrected chi connectivity index (χ2v) is 6.86. The maximum Gasteiger partial charge on any atom is 0.229 e. The van der Waals surface area contributed by atoms with E-state index in [9.17, 15) is 0 Å². The van der Waals surface area contributed by atoms with Gasteiger partial charge < -0.3 is 15.0 Å². The number of ether oxygens (including phenoxy) is 1. The van der Waals surface area contributed by atoms with Crippen molar-refractivity contribution in [3.63, 3.8) is 0 Å². The average molecular weight is 293 g/mol. The second kappa shape index (κ2) is 6.05. The quantitative estimate of drug-likeness (QED) is 0.923. The molecule has 5 heteroatoms. The summed E-state index contributed by atoms with van der Waals surface area (Å²) in [5, 5.41) is 4.28. The summed E-state index contributed by atoms with van der Waals surface area (Å²) in [4.78, 5) is 4.72. The topological polar surface area (TPSA) is 74.2 Å². The van der Waals surface area contributed by atoms with E-state index in [1.165, 1.54) is 12.8 Å². The van der Waals surface area contributed by atoms with Crippen molar-refractivity contribution in [1.29, 1.82) is 0 Å². The highest BCUT2D eigenvalue weighted by molar-refractivity contribution is 5.07. The normalized spacial score (nSPS) is 37.0. The lowest BCUT2D eigenvalue weighted by molar-refractivity contribution is -0.0891. The monoisotopic (exact) mass is 293 g/mol. The largest absolute Gasteiger partial charge is 0.367 e. The molecule has 2 N–H and O–H groups in total. The van der Waals surface area contributed by atoms with Gasteiger partial charge in [-0.1, -0.05) is 18.5 Å².